The summed E-state index contributed by atoms with van der Waals surface area (Å²) in [4.78, 5) is 13.5. The Morgan fingerprint density at radius 2 is 1.94 bits per heavy atom. The SMILES string of the molecule is CCC[I-]c1nc2n(n1)N=C(c1ccccc1Cl)C2=Nc1ccc(N(CC)CCC#N)cc1. The molecule has 7 nitrogen and oxygen atoms in total. The topological polar surface area (TPSA) is 82.5 Å². The van der Waals surface area contributed by atoms with Crippen molar-refractivity contribution in [1.82, 2.24) is 14.9 Å². The number of anilines is 1. The average Bonchev–Trinajstić information content (AvgIpc) is 3.38. The zero-order chi connectivity index (χ0) is 23.2. The summed E-state index contributed by atoms with van der Waals surface area (Å²) in [5, 5.41) is 18.8. The summed E-state index contributed by atoms with van der Waals surface area (Å²) in [6.07, 6.45) is 1.62. The minimum absolute atomic E-state index is 0.239. The van der Waals surface area contributed by atoms with E-state index in [2.05, 4.69) is 29.9 Å². The fraction of sp³-hybridized carbons (Fsp3) is 0.292. The van der Waals surface area contributed by atoms with Crippen molar-refractivity contribution >= 4 is 34.4 Å². The maximum atomic E-state index is 8.90. The van der Waals surface area contributed by atoms with Gasteiger partial charge in [0.25, 0.3) is 0 Å². The molecule has 0 aliphatic carbocycles. The van der Waals surface area contributed by atoms with Crippen LogP contribution < -0.4 is 26.1 Å². The fourth-order valence-electron chi connectivity index (χ4n) is 3.44. The first-order valence-electron chi connectivity index (χ1n) is 10.9. The number of rotatable bonds is 9. The van der Waals surface area contributed by atoms with Crippen LogP contribution in [0.15, 0.2) is 58.6 Å². The van der Waals surface area contributed by atoms with Gasteiger partial charge >= 0.3 is 198 Å². The quantitative estimate of drug-likeness (QED) is 0.289. The predicted octanol–water partition coefficient (Wildman–Crippen LogP) is 1.73. The third kappa shape index (κ3) is 5.25. The number of alkyl halides is 1. The van der Waals surface area contributed by atoms with Crippen LogP contribution in [-0.4, -0.2) is 43.8 Å². The predicted molar refractivity (Wildman–Crippen MR) is 128 cm³/mol. The molecule has 2 heterocycles. The molecule has 0 atom stereocenters. The van der Waals surface area contributed by atoms with Crippen molar-refractivity contribution in [2.24, 2.45) is 10.1 Å². The summed E-state index contributed by atoms with van der Waals surface area (Å²) in [6, 6.07) is 17.8. The van der Waals surface area contributed by atoms with Crippen molar-refractivity contribution in [1.29, 1.82) is 5.26 Å². The van der Waals surface area contributed by atoms with Crippen LogP contribution in [0.3, 0.4) is 0 Å². The summed E-state index contributed by atoms with van der Waals surface area (Å²) >= 11 is 6.25. The van der Waals surface area contributed by atoms with Crippen molar-refractivity contribution in [3.8, 4) is 6.07 Å². The second-order valence-electron chi connectivity index (χ2n) is 7.31. The fourth-order valence-corrected chi connectivity index (χ4v) is 5.44. The molecule has 33 heavy (non-hydrogen) atoms. The van der Waals surface area contributed by atoms with E-state index in [-0.39, 0.29) is 21.2 Å². The van der Waals surface area contributed by atoms with Crippen molar-refractivity contribution in [3.63, 3.8) is 0 Å². The molecule has 170 valence electrons. The molecule has 0 fully saturated rings. The second kappa shape index (κ2) is 10.9. The Morgan fingerprint density at radius 1 is 1.15 bits per heavy atom. The molecule has 0 bridgehead atoms. The van der Waals surface area contributed by atoms with E-state index in [9.17, 15) is 0 Å². The molecule has 3 aromatic rings. The monoisotopic (exact) mass is 572 g/mol. The van der Waals surface area contributed by atoms with Gasteiger partial charge in [0, 0.05) is 0 Å². The first-order chi connectivity index (χ1) is 16.1. The summed E-state index contributed by atoms with van der Waals surface area (Å²) in [5.74, 6) is 0.656. The van der Waals surface area contributed by atoms with Gasteiger partial charge in [0.1, 0.15) is 0 Å². The Hall–Kier alpha value is -2.77. The van der Waals surface area contributed by atoms with Gasteiger partial charge in [-0.25, -0.2) is 0 Å². The van der Waals surface area contributed by atoms with Crippen LogP contribution in [0.5, 0.6) is 0 Å². The Bertz CT molecular complexity index is 1220. The van der Waals surface area contributed by atoms with Crippen LogP contribution in [0.1, 0.15) is 38.1 Å². The molecular formula is C24H24ClIN7-. The van der Waals surface area contributed by atoms with Crippen LogP contribution in [0.4, 0.5) is 11.4 Å². The molecule has 1 aliphatic rings. The number of fused-ring (bicyclic) bond motifs is 1. The van der Waals surface area contributed by atoms with Gasteiger partial charge < -0.3 is 0 Å². The van der Waals surface area contributed by atoms with E-state index in [1.165, 1.54) is 0 Å². The number of nitrogens with zero attached hydrogens (tertiary/aromatic N) is 7. The van der Waals surface area contributed by atoms with E-state index >= 15 is 0 Å². The average molecular weight is 573 g/mol. The van der Waals surface area contributed by atoms with E-state index in [0.717, 1.165) is 38.2 Å². The number of hydrogen-bond acceptors (Lipinski definition) is 6. The van der Waals surface area contributed by atoms with Gasteiger partial charge in [0.05, 0.1) is 6.07 Å². The van der Waals surface area contributed by atoms with Gasteiger partial charge in [-0.3, -0.25) is 0 Å². The third-order valence-corrected chi connectivity index (χ3v) is 8.15. The number of aliphatic imine (C=N–C) groups is 1. The van der Waals surface area contributed by atoms with Gasteiger partial charge in [-0.15, -0.1) is 0 Å². The standard InChI is InChI=1S/C24H24ClIN7/c1-3-14-26-24-29-23-22(21(30-33(23)31-24)19-8-5-6-9-20(19)25)28-17-10-12-18(13-11-17)32(4-2)16-7-15-27/h5-6,8-13H,3-4,7,14,16H2,1-2H3/q-1. The Balaban J connectivity index is 1.70. The zero-order valence-corrected chi connectivity index (χ0v) is 21.5. The number of hydrogen-bond donors (Lipinski definition) is 0. The molecule has 0 unspecified atom stereocenters. The van der Waals surface area contributed by atoms with Crippen LogP contribution in [-0.2, 0) is 0 Å². The molecule has 0 saturated heterocycles. The van der Waals surface area contributed by atoms with Crippen molar-refractivity contribution in [3.05, 3.63) is 68.8 Å². The summed E-state index contributed by atoms with van der Waals surface area (Å²) in [6.45, 7) is 5.80. The normalized spacial score (nSPS) is 13.8. The van der Waals surface area contributed by atoms with E-state index in [0.29, 0.717) is 35.2 Å². The second-order valence-corrected chi connectivity index (χ2v) is 10.5. The molecule has 0 radical (unpaired) electrons. The molecule has 2 aromatic carbocycles. The summed E-state index contributed by atoms with van der Waals surface area (Å²) in [5.41, 5.74) is 4.01. The Labute approximate surface area is 209 Å². The Kier molecular flexibility index (Phi) is 7.73. The van der Waals surface area contributed by atoms with Gasteiger partial charge in [-0.05, 0) is 0 Å². The maximum absolute atomic E-state index is 8.90. The van der Waals surface area contributed by atoms with E-state index < -0.39 is 0 Å². The molecular weight excluding hydrogens is 549 g/mol. The number of nitriles is 1. The number of halogens is 2. The molecule has 0 N–H and O–H groups in total. The van der Waals surface area contributed by atoms with E-state index in [4.69, 9.17) is 31.9 Å². The van der Waals surface area contributed by atoms with Gasteiger partial charge in [-0.1, -0.05) is 0 Å². The first kappa shape index (κ1) is 23.4. The molecule has 1 aliphatic heterocycles. The first-order valence-corrected chi connectivity index (χ1v) is 13.8. The molecule has 9 heteroatoms. The van der Waals surface area contributed by atoms with Crippen LogP contribution in [0.2, 0.25) is 5.02 Å². The van der Waals surface area contributed by atoms with E-state index in [1.54, 1.807) is 4.79 Å². The number of benzene rings is 2. The van der Waals surface area contributed by atoms with E-state index in [1.807, 2.05) is 48.5 Å². The van der Waals surface area contributed by atoms with Gasteiger partial charge in [0.2, 0.25) is 0 Å². The molecule has 0 spiro atoms. The molecule has 0 amide bonds. The molecule has 0 saturated carbocycles. The van der Waals surface area contributed by atoms with Gasteiger partial charge in [-0.2, -0.15) is 5.26 Å². The van der Waals surface area contributed by atoms with Crippen molar-refractivity contribution < 1.29 is 21.2 Å². The molecule has 1 aromatic heterocycles. The number of aromatic nitrogens is 3. The Morgan fingerprint density at radius 3 is 2.64 bits per heavy atom. The van der Waals surface area contributed by atoms with Gasteiger partial charge in [0.15, 0.2) is 0 Å². The summed E-state index contributed by atoms with van der Waals surface area (Å²) in [7, 11) is 0. The molecule has 4 rings (SSSR count). The van der Waals surface area contributed by atoms with Crippen molar-refractivity contribution in [2.45, 2.75) is 26.7 Å². The van der Waals surface area contributed by atoms with Crippen molar-refractivity contribution in [2.75, 3.05) is 22.4 Å². The zero-order valence-electron chi connectivity index (χ0n) is 18.5. The summed E-state index contributed by atoms with van der Waals surface area (Å²) < 4.78 is 2.02. The van der Waals surface area contributed by atoms with Crippen LogP contribution in [0.25, 0.3) is 0 Å². The minimum atomic E-state index is -0.239. The van der Waals surface area contributed by atoms with Crippen LogP contribution in [0, 0.1) is 15.2 Å². The third-order valence-electron chi connectivity index (χ3n) is 5.06. The van der Waals surface area contributed by atoms with Crippen LogP contribution >= 0.6 is 11.6 Å².